The van der Waals surface area contributed by atoms with Gasteiger partial charge in [-0.3, -0.25) is 0 Å². The first kappa shape index (κ1) is 18.9. The lowest BCUT2D eigenvalue weighted by atomic mass is 10.1. The van der Waals surface area contributed by atoms with Crippen LogP contribution in [0.4, 0.5) is 0 Å². The normalized spacial score (nSPS) is 13.5. The van der Waals surface area contributed by atoms with Gasteiger partial charge in [-0.15, -0.1) is 12.4 Å². The SMILES string of the molecule is Cc1cc(C)c(S(=O)(=O)NCc2ccc3c(c2)CNC3)c(C)c1.Cl. The van der Waals surface area contributed by atoms with Crippen LogP contribution >= 0.6 is 12.4 Å². The van der Waals surface area contributed by atoms with Gasteiger partial charge in [0, 0.05) is 19.6 Å². The number of halogens is 1. The molecule has 0 radical (unpaired) electrons. The number of nitrogens with one attached hydrogen (secondary N) is 2. The molecule has 0 amide bonds. The van der Waals surface area contributed by atoms with E-state index in [2.05, 4.69) is 22.2 Å². The van der Waals surface area contributed by atoms with E-state index in [1.165, 1.54) is 11.1 Å². The van der Waals surface area contributed by atoms with Gasteiger partial charge in [-0.05, 0) is 48.6 Å². The molecule has 0 saturated carbocycles. The van der Waals surface area contributed by atoms with Gasteiger partial charge < -0.3 is 5.32 Å². The first-order valence-corrected chi connectivity index (χ1v) is 9.24. The van der Waals surface area contributed by atoms with Crippen LogP contribution in [0.3, 0.4) is 0 Å². The molecule has 0 bridgehead atoms. The maximum atomic E-state index is 12.7. The highest BCUT2D eigenvalue weighted by atomic mass is 35.5. The van der Waals surface area contributed by atoms with E-state index in [0.29, 0.717) is 11.4 Å². The number of rotatable bonds is 4. The number of fused-ring (bicyclic) bond motifs is 1. The van der Waals surface area contributed by atoms with Crippen molar-refractivity contribution in [1.29, 1.82) is 0 Å². The molecular weight excluding hydrogens is 344 g/mol. The fourth-order valence-corrected chi connectivity index (χ4v) is 4.77. The average molecular weight is 367 g/mol. The van der Waals surface area contributed by atoms with Crippen LogP contribution in [0.5, 0.6) is 0 Å². The Morgan fingerprint density at radius 3 is 2.29 bits per heavy atom. The maximum absolute atomic E-state index is 12.7. The summed E-state index contributed by atoms with van der Waals surface area (Å²) in [5, 5.41) is 3.29. The smallest absolute Gasteiger partial charge is 0.241 e. The molecule has 130 valence electrons. The molecule has 0 atom stereocenters. The molecule has 2 aromatic rings. The summed E-state index contributed by atoms with van der Waals surface area (Å²) in [7, 11) is -3.52. The van der Waals surface area contributed by atoms with Gasteiger partial charge in [0.1, 0.15) is 0 Å². The minimum atomic E-state index is -3.52. The fourth-order valence-electron chi connectivity index (χ4n) is 3.30. The van der Waals surface area contributed by atoms with Crippen molar-refractivity contribution in [2.75, 3.05) is 0 Å². The van der Waals surface area contributed by atoms with Crippen LogP contribution in [0.15, 0.2) is 35.2 Å². The summed E-state index contributed by atoms with van der Waals surface area (Å²) in [6.45, 7) is 7.71. The van der Waals surface area contributed by atoms with Crippen molar-refractivity contribution in [3.05, 3.63) is 63.7 Å². The third-order valence-corrected chi connectivity index (χ3v) is 5.95. The Morgan fingerprint density at radius 2 is 1.62 bits per heavy atom. The first-order chi connectivity index (χ1) is 10.9. The van der Waals surface area contributed by atoms with Crippen molar-refractivity contribution in [3.8, 4) is 0 Å². The Kier molecular flexibility index (Phi) is 5.71. The van der Waals surface area contributed by atoms with Crippen molar-refractivity contribution in [1.82, 2.24) is 10.0 Å². The number of aryl methyl sites for hydroxylation is 3. The van der Waals surface area contributed by atoms with E-state index in [-0.39, 0.29) is 12.4 Å². The number of hydrogen-bond acceptors (Lipinski definition) is 3. The molecule has 0 fully saturated rings. The highest BCUT2D eigenvalue weighted by Crippen LogP contribution is 2.22. The molecule has 0 unspecified atom stereocenters. The molecule has 1 heterocycles. The molecule has 6 heteroatoms. The molecule has 3 rings (SSSR count). The lowest BCUT2D eigenvalue weighted by Crippen LogP contribution is -2.25. The molecule has 0 spiro atoms. The van der Waals surface area contributed by atoms with Gasteiger partial charge in [0.25, 0.3) is 0 Å². The van der Waals surface area contributed by atoms with E-state index in [4.69, 9.17) is 0 Å². The molecule has 2 N–H and O–H groups in total. The monoisotopic (exact) mass is 366 g/mol. The van der Waals surface area contributed by atoms with Crippen LogP contribution in [0.2, 0.25) is 0 Å². The minimum absolute atomic E-state index is 0. The lowest BCUT2D eigenvalue weighted by Gasteiger charge is -2.13. The van der Waals surface area contributed by atoms with Crippen molar-refractivity contribution in [3.63, 3.8) is 0 Å². The lowest BCUT2D eigenvalue weighted by molar-refractivity contribution is 0.580. The topological polar surface area (TPSA) is 58.2 Å². The quantitative estimate of drug-likeness (QED) is 0.874. The van der Waals surface area contributed by atoms with Crippen molar-refractivity contribution in [2.24, 2.45) is 0 Å². The van der Waals surface area contributed by atoms with E-state index >= 15 is 0 Å². The predicted octanol–water partition coefficient (Wildman–Crippen LogP) is 3.12. The molecule has 0 aliphatic carbocycles. The van der Waals surface area contributed by atoms with E-state index in [9.17, 15) is 8.42 Å². The molecule has 1 aliphatic rings. The Labute approximate surface area is 150 Å². The standard InChI is InChI=1S/C18H22N2O2S.ClH/c1-12-6-13(2)18(14(3)7-12)23(21,22)20-9-15-4-5-16-10-19-11-17(16)8-15;/h4-8,19-20H,9-11H2,1-3H3;1H. The van der Waals surface area contributed by atoms with Crippen LogP contribution in [-0.4, -0.2) is 8.42 Å². The Balaban J connectivity index is 0.00000208. The van der Waals surface area contributed by atoms with Gasteiger partial charge in [-0.1, -0.05) is 35.9 Å². The summed E-state index contributed by atoms with van der Waals surface area (Å²) in [5.41, 5.74) is 6.18. The zero-order valence-electron chi connectivity index (χ0n) is 14.1. The van der Waals surface area contributed by atoms with Crippen molar-refractivity contribution >= 4 is 22.4 Å². The van der Waals surface area contributed by atoms with Crippen LogP contribution in [-0.2, 0) is 29.7 Å². The van der Waals surface area contributed by atoms with Gasteiger partial charge in [0.2, 0.25) is 10.0 Å². The Bertz CT molecular complexity index is 840. The summed E-state index contributed by atoms with van der Waals surface area (Å²) in [6.07, 6.45) is 0. The van der Waals surface area contributed by atoms with Crippen molar-refractivity contribution in [2.45, 2.75) is 45.3 Å². The fraction of sp³-hybridized carbons (Fsp3) is 0.333. The molecule has 0 saturated heterocycles. The van der Waals surface area contributed by atoms with E-state index in [0.717, 1.165) is 35.3 Å². The largest absolute Gasteiger partial charge is 0.309 e. The van der Waals surface area contributed by atoms with E-state index in [1.807, 2.05) is 39.0 Å². The van der Waals surface area contributed by atoms with Gasteiger partial charge in [0.15, 0.2) is 0 Å². The zero-order chi connectivity index (χ0) is 16.6. The average Bonchev–Trinajstić information content (AvgIpc) is 2.91. The number of benzene rings is 2. The predicted molar refractivity (Wildman–Crippen MR) is 98.9 cm³/mol. The number of hydrogen-bond donors (Lipinski definition) is 2. The molecule has 24 heavy (non-hydrogen) atoms. The van der Waals surface area contributed by atoms with Crippen LogP contribution < -0.4 is 10.0 Å². The second kappa shape index (κ2) is 7.23. The Morgan fingerprint density at radius 1 is 1.00 bits per heavy atom. The van der Waals surface area contributed by atoms with Crippen molar-refractivity contribution < 1.29 is 8.42 Å². The van der Waals surface area contributed by atoms with E-state index < -0.39 is 10.0 Å². The zero-order valence-corrected chi connectivity index (χ0v) is 15.8. The van der Waals surface area contributed by atoms with Gasteiger partial charge in [0.05, 0.1) is 4.90 Å². The first-order valence-electron chi connectivity index (χ1n) is 7.76. The highest BCUT2D eigenvalue weighted by Gasteiger charge is 2.20. The van der Waals surface area contributed by atoms with Gasteiger partial charge in [-0.2, -0.15) is 0 Å². The third-order valence-electron chi connectivity index (χ3n) is 4.24. The second-order valence-corrected chi connectivity index (χ2v) is 7.96. The molecule has 1 aliphatic heterocycles. The van der Waals surface area contributed by atoms with Crippen LogP contribution in [0.1, 0.15) is 33.4 Å². The molecule has 4 nitrogen and oxygen atoms in total. The summed E-state index contributed by atoms with van der Waals surface area (Å²) < 4.78 is 28.1. The molecule has 0 aromatic heterocycles. The summed E-state index contributed by atoms with van der Waals surface area (Å²) in [4.78, 5) is 0.394. The highest BCUT2D eigenvalue weighted by molar-refractivity contribution is 7.89. The maximum Gasteiger partial charge on any atom is 0.241 e. The Hall–Kier alpha value is -1.40. The summed E-state index contributed by atoms with van der Waals surface area (Å²) in [6, 6.07) is 9.95. The summed E-state index contributed by atoms with van der Waals surface area (Å²) >= 11 is 0. The van der Waals surface area contributed by atoms with Gasteiger partial charge >= 0.3 is 0 Å². The molecule has 2 aromatic carbocycles. The van der Waals surface area contributed by atoms with Gasteiger partial charge in [-0.25, -0.2) is 13.1 Å². The van der Waals surface area contributed by atoms with E-state index in [1.54, 1.807) is 0 Å². The molecular formula is C18H23ClN2O2S. The number of sulfonamides is 1. The third kappa shape index (κ3) is 3.81. The second-order valence-electron chi connectivity index (χ2n) is 6.26. The summed E-state index contributed by atoms with van der Waals surface area (Å²) in [5.74, 6) is 0. The van der Waals surface area contributed by atoms with Crippen LogP contribution in [0, 0.1) is 20.8 Å². The van der Waals surface area contributed by atoms with Crippen LogP contribution in [0.25, 0.3) is 0 Å². The minimum Gasteiger partial charge on any atom is -0.309 e.